The molecule has 5 rings (SSSR count). The topological polar surface area (TPSA) is 67.8 Å². The first-order chi connectivity index (χ1) is 14.6. The number of aryl methyl sites for hydroxylation is 1. The minimum atomic E-state index is -0.265. The number of fused-ring (bicyclic) bond motifs is 2. The second-order valence-electron chi connectivity index (χ2n) is 6.80. The van der Waals surface area contributed by atoms with Crippen molar-refractivity contribution in [1.82, 2.24) is 15.0 Å². The number of benzene rings is 2. The summed E-state index contributed by atoms with van der Waals surface area (Å²) in [6.07, 6.45) is 1.69. The maximum atomic E-state index is 13.2. The van der Waals surface area contributed by atoms with E-state index in [-0.39, 0.29) is 5.91 Å². The van der Waals surface area contributed by atoms with Crippen molar-refractivity contribution in [2.75, 3.05) is 5.32 Å². The van der Waals surface area contributed by atoms with E-state index in [1.165, 1.54) is 11.3 Å². The number of carbonyl (C=O) groups is 1. The van der Waals surface area contributed by atoms with Crippen molar-refractivity contribution in [1.29, 1.82) is 0 Å². The number of carbonyl (C=O) groups excluding carboxylic acids is 1. The molecule has 0 aliphatic heterocycles. The van der Waals surface area contributed by atoms with E-state index < -0.39 is 0 Å². The molecule has 1 N–H and O–H groups in total. The lowest BCUT2D eigenvalue weighted by molar-refractivity contribution is 0.102. The number of anilines is 1. The number of amides is 1. The molecule has 0 aliphatic carbocycles. The molecular weight excluding hydrogens is 416 g/mol. The van der Waals surface area contributed by atoms with Crippen molar-refractivity contribution in [2.45, 2.75) is 6.92 Å². The van der Waals surface area contributed by atoms with Gasteiger partial charge in [0, 0.05) is 11.6 Å². The molecule has 0 spiro atoms. The average molecular weight is 431 g/mol. The Bertz CT molecular complexity index is 1420. The normalized spacial score (nSPS) is 11.1. The van der Waals surface area contributed by atoms with E-state index in [9.17, 15) is 4.79 Å². The maximum Gasteiger partial charge on any atom is 0.258 e. The van der Waals surface area contributed by atoms with Gasteiger partial charge >= 0.3 is 0 Å². The monoisotopic (exact) mass is 430 g/mol. The lowest BCUT2D eigenvalue weighted by Gasteiger charge is -2.10. The summed E-state index contributed by atoms with van der Waals surface area (Å²) in [6.45, 7) is 2.01. The van der Waals surface area contributed by atoms with Crippen molar-refractivity contribution >= 4 is 55.1 Å². The number of rotatable bonds is 3. The summed E-state index contributed by atoms with van der Waals surface area (Å²) in [5, 5.41) is 4.65. The quantitative estimate of drug-likeness (QED) is 0.374. The Kier molecular flexibility index (Phi) is 4.65. The zero-order chi connectivity index (χ0) is 20.7. The van der Waals surface area contributed by atoms with E-state index in [2.05, 4.69) is 20.3 Å². The van der Waals surface area contributed by atoms with Crippen molar-refractivity contribution in [3.05, 3.63) is 83.0 Å². The molecule has 0 aliphatic rings. The van der Waals surface area contributed by atoms with Crippen LogP contribution in [-0.4, -0.2) is 20.9 Å². The van der Waals surface area contributed by atoms with Gasteiger partial charge in [-0.3, -0.25) is 15.1 Å². The van der Waals surface area contributed by atoms with Crippen LogP contribution in [0, 0.1) is 6.92 Å². The zero-order valence-corrected chi connectivity index (χ0v) is 17.5. The second-order valence-corrected chi connectivity index (χ2v) is 8.24. The maximum absolute atomic E-state index is 13.2. The Labute approximate surface area is 181 Å². The fraction of sp³-hybridized carbons (Fsp3) is 0.0435. The number of aromatic nitrogens is 3. The highest BCUT2D eigenvalue weighted by Crippen LogP contribution is 2.31. The van der Waals surface area contributed by atoms with Crippen LogP contribution in [0.2, 0.25) is 5.02 Å². The minimum absolute atomic E-state index is 0.265. The lowest BCUT2D eigenvalue weighted by Crippen LogP contribution is -2.13. The Balaban J connectivity index is 1.62. The van der Waals surface area contributed by atoms with E-state index in [1.54, 1.807) is 18.3 Å². The Morgan fingerprint density at radius 2 is 1.83 bits per heavy atom. The fourth-order valence-corrected chi connectivity index (χ4v) is 4.51. The number of para-hydroxylation sites is 2. The zero-order valence-electron chi connectivity index (χ0n) is 15.9. The van der Waals surface area contributed by atoms with Crippen LogP contribution in [0.5, 0.6) is 0 Å². The number of halogens is 1. The van der Waals surface area contributed by atoms with Crippen LogP contribution in [-0.2, 0) is 0 Å². The van der Waals surface area contributed by atoms with Gasteiger partial charge in [0.25, 0.3) is 5.91 Å². The molecule has 3 heterocycles. The van der Waals surface area contributed by atoms with Gasteiger partial charge in [-0.15, -0.1) is 0 Å². The molecule has 5 aromatic rings. The van der Waals surface area contributed by atoms with E-state index in [0.717, 1.165) is 15.8 Å². The van der Waals surface area contributed by atoms with Crippen molar-refractivity contribution in [2.24, 2.45) is 0 Å². The van der Waals surface area contributed by atoms with Gasteiger partial charge in [-0.1, -0.05) is 53.3 Å². The number of hydrogen-bond acceptors (Lipinski definition) is 5. The minimum Gasteiger partial charge on any atom is -0.298 e. The molecule has 3 aromatic heterocycles. The number of pyridine rings is 2. The Hall–Kier alpha value is -3.35. The van der Waals surface area contributed by atoms with Gasteiger partial charge in [-0.25, -0.2) is 9.97 Å². The van der Waals surface area contributed by atoms with Crippen LogP contribution in [0.15, 0.2) is 66.9 Å². The van der Waals surface area contributed by atoms with Crippen LogP contribution >= 0.6 is 22.9 Å². The smallest absolute Gasteiger partial charge is 0.258 e. The summed E-state index contributed by atoms with van der Waals surface area (Å²) in [5.41, 5.74) is 4.26. The summed E-state index contributed by atoms with van der Waals surface area (Å²) in [4.78, 5) is 26.9. The highest BCUT2D eigenvalue weighted by atomic mass is 35.5. The molecule has 5 nitrogen and oxygen atoms in total. The molecule has 0 saturated heterocycles. The Morgan fingerprint density at radius 3 is 2.63 bits per heavy atom. The molecule has 146 valence electrons. The van der Waals surface area contributed by atoms with Crippen LogP contribution in [0.25, 0.3) is 32.5 Å². The lowest BCUT2D eigenvalue weighted by atomic mass is 10.1. The third-order valence-corrected chi connectivity index (χ3v) is 6.04. The van der Waals surface area contributed by atoms with Crippen molar-refractivity contribution in [3.63, 3.8) is 0 Å². The van der Waals surface area contributed by atoms with Gasteiger partial charge in [0.2, 0.25) is 0 Å². The van der Waals surface area contributed by atoms with Gasteiger partial charge in [-0.05, 0) is 42.8 Å². The van der Waals surface area contributed by atoms with Gasteiger partial charge in [-0.2, -0.15) is 0 Å². The number of thiazole rings is 1. The van der Waals surface area contributed by atoms with Crippen molar-refractivity contribution in [3.8, 4) is 11.4 Å². The van der Waals surface area contributed by atoms with Crippen LogP contribution in [0.1, 0.15) is 15.9 Å². The van der Waals surface area contributed by atoms with Crippen LogP contribution in [0.4, 0.5) is 5.13 Å². The molecule has 0 atom stereocenters. The third kappa shape index (κ3) is 3.30. The molecule has 0 saturated carbocycles. The van der Waals surface area contributed by atoms with E-state index in [1.807, 2.05) is 55.5 Å². The van der Waals surface area contributed by atoms with Crippen LogP contribution < -0.4 is 5.32 Å². The van der Waals surface area contributed by atoms with E-state index >= 15 is 0 Å². The Morgan fingerprint density at radius 1 is 0.967 bits per heavy atom. The fourth-order valence-electron chi connectivity index (χ4n) is 3.35. The predicted octanol–water partition coefficient (Wildman–Crippen LogP) is 6.12. The molecule has 0 bridgehead atoms. The SMILES string of the molecule is Cc1cccc2sc(NC(=O)c3cc(-c4ccccn4)nc4c(Cl)cccc34)nc12. The highest BCUT2D eigenvalue weighted by molar-refractivity contribution is 7.22. The number of hydrogen-bond donors (Lipinski definition) is 1. The molecule has 0 unspecified atom stereocenters. The van der Waals surface area contributed by atoms with Gasteiger partial charge < -0.3 is 0 Å². The van der Waals surface area contributed by atoms with E-state index in [0.29, 0.717) is 38.0 Å². The summed E-state index contributed by atoms with van der Waals surface area (Å²) in [5.74, 6) is -0.265. The van der Waals surface area contributed by atoms with E-state index in [4.69, 9.17) is 11.6 Å². The first-order valence-electron chi connectivity index (χ1n) is 9.28. The van der Waals surface area contributed by atoms with Gasteiger partial charge in [0.15, 0.2) is 5.13 Å². The molecular formula is C23H15ClN4OS. The molecule has 30 heavy (non-hydrogen) atoms. The van der Waals surface area contributed by atoms with Crippen LogP contribution in [0.3, 0.4) is 0 Å². The molecule has 0 fully saturated rings. The molecule has 0 radical (unpaired) electrons. The van der Waals surface area contributed by atoms with Gasteiger partial charge in [0.1, 0.15) is 0 Å². The third-order valence-electron chi connectivity index (χ3n) is 4.80. The molecule has 7 heteroatoms. The summed E-state index contributed by atoms with van der Waals surface area (Å²) in [7, 11) is 0. The average Bonchev–Trinajstić information content (AvgIpc) is 3.18. The number of nitrogens with zero attached hydrogens (tertiary/aromatic N) is 3. The molecule has 1 amide bonds. The summed E-state index contributed by atoms with van der Waals surface area (Å²) >= 11 is 7.85. The largest absolute Gasteiger partial charge is 0.298 e. The predicted molar refractivity (Wildman–Crippen MR) is 122 cm³/mol. The van der Waals surface area contributed by atoms with Gasteiger partial charge in [0.05, 0.1) is 37.7 Å². The standard InChI is InChI=1S/C23H15ClN4OS/c1-13-6-4-10-19-20(13)27-23(30-19)28-22(29)15-12-18(17-9-2-3-11-25-17)26-21-14(15)7-5-8-16(21)24/h2-12H,1H3,(H,27,28,29). The summed E-state index contributed by atoms with van der Waals surface area (Å²) < 4.78 is 1.03. The second kappa shape index (κ2) is 7.48. The highest BCUT2D eigenvalue weighted by Gasteiger charge is 2.18. The summed E-state index contributed by atoms with van der Waals surface area (Å²) in [6, 6.07) is 18.7. The first-order valence-corrected chi connectivity index (χ1v) is 10.5. The van der Waals surface area contributed by atoms with Crippen molar-refractivity contribution < 1.29 is 4.79 Å². The molecule has 2 aromatic carbocycles. The first kappa shape index (κ1) is 18.7. The number of nitrogens with one attached hydrogen (secondary N) is 1.